The molecule has 7 heteroatoms. The van der Waals surface area contributed by atoms with E-state index >= 15 is 0 Å². The molecule has 6 atom stereocenters. The van der Waals surface area contributed by atoms with Crippen LogP contribution in [0, 0.1) is 37.2 Å². The van der Waals surface area contributed by atoms with Crippen molar-refractivity contribution in [2.75, 3.05) is 0 Å². The van der Waals surface area contributed by atoms with Crippen molar-refractivity contribution in [3.05, 3.63) is 85.0 Å². The lowest BCUT2D eigenvalue weighted by Crippen LogP contribution is -3.61. The summed E-state index contributed by atoms with van der Waals surface area (Å²) in [5, 5.41) is 0. The van der Waals surface area contributed by atoms with Crippen LogP contribution in [0.3, 0.4) is 0 Å². The van der Waals surface area contributed by atoms with Gasteiger partial charge in [0, 0.05) is 16.9 Å². The number of aryl methyl sites for hydroxylation is 1. The average Bonchev–Trinajstić information content (AvgIpc) is 3.45. The van der Waals surface area contributed by atoms with Crippen LogP contribution in [0.2, 0.25) is 0 Å². The van der Waals surface area contributed by atoms with E-state index in [-0.39, 0.29) is 55.9 Å². The second-order valence-electron chi connectivity index (χ2n) is 13.4. The zero-order chi connectivity index (χ0) is 29.2. The van der Waals surface area contributed by atoms with Gasteiger partial charge >= 0.3 is 33.3 Å². The van der Waals surface area contributed by atoms with Crippen molar-refractivity contribution in [3.63, 3.8) is 0 Å². The van der Waals surface area contributed by atoms with Crippen LogP contribution in [-0.2, 0) is 19.7 Å². The van der Waals surface area contributed by atoms with Gasteiger partial charge in [0.15, 0.2) is 7.14 Å². The van der Waals surface area contributed by atoms with Gasteiger partial charge in [-0.15, -0.1) is 0 Å². The molecule has 0 amide bonds. The van der Waals surface area contributed by atoms with Gasteiger partial charge in [0.25, 0.3) is 0 Å². The van der Waals surface area contributed by atoms with E-state index < -0.39 is 12.3 Å². The zero-order valence-corrected chi connectivity index (χ0v) is 26.6. The molecule has 4 aliphatic rings. The molecule has 1 aliphatic heterocycles. The third-order valence-electron chi connectivity index (χ3n) is 9.61. The Kier molecular flexibility index (Phi) is 6.79. The van der Waals surface area contributed by atoms with E-state index in [1.807, 2.05) is 6.07 Å². The van der Waals surface area contributed by atoms with Crippen molar-refractivity contribution in [2.24, 2.45) is 23.2 Å². The van der Waals surface area contributed by atoms with Gasteiger partial charge in [0.05, 0.1) is 5.92 Å². The Morgan fingerprint density at radius 3 is 2.36 bits per heavy atom. The van der Waals surface area contributed by atoms with Crippen molar-refractivity contribution in [1.29, 1.82) is 0 Å². The summed E-state index contributed by atoms with van der Waals surface area (Å²) in [6, 6.07) is 22.2. The first kappa shape index (κ1) is 27.7. The van der Waals surface area contributed by atoms with Gasteiger partial charge in [0.2, 0.25) is 0 Å². The summed E-state index contributed by atoms with van der Waals surface area (Å²) in [6.45, 7) is 8.84. The van der Waals surface area contributed by atoms with E-state index in [0.717, 1.165) is 31.4 Å². The molecule has 7 rings (SSSR count). The van der Waals surface area contributed by atoms with Crippen molar-refractivity contribution >= 4 is 12.1 Å². The summed E-state index contributed by atoms with van der Waals surface area (Å²) in [4.78, 5) is 25.2. The molecule has 3 bridgehead atoms. The number of rotatable bonds is 6. The molecule has 6 unspecified atom stereocenters. The Morgan fingerprint density at radius 1 is 0.929 bits per heavy atom. The maximum Gasteiger partial charge on any atom is 0.514 e. The minimum atomic E-state index is -0.754. The summed E-state index contributed by atoms with van der Waals surface area (Å²) in [6.07, 6.45) is 2.32. The van der Waals surface area contributed by atoms with Crippen LogP contribution >= 0.6 is 0 Å². The van der Waals surface area contributed by atoms with Crippen LogP contribution in [0.15, 0.2) is 66.7 Å². The van der Waals surface area contributed by atoms with E-state index in [0.29, 0.717) is 17.4 Å². The maximum absolute atomic E-state index is 12.7. The minimum Gasteiger partial charge on any atom is -0.458 e. The SMILES string of the molecule is Cc1cc(Oc2ccc(OC(=O)OC3C4CC5CC6C(=O)OC3C6(C5)C4)cc2)ccc1[I+]c1ccc(C(C)(C)C)cc1. The van der Waals surface area contributed by atoms with Crippen molar-refractivity contribution in [1.82, 2.24) is 0 Å². The molecule has 0 N–H and O–H groups in total. The highest BCUT2D eigenvalue weighted by atomic mass is 127. The largest absolute Gasteiger partial charge is 0.514 e. The second kappa shape index (κ2) is 10.3. The predicted molar refractivity (Wildman–Crippen MR) is 152 cm³/mol. The van der Waals surface area contributed by atoms with Crippen molar-refractivity contribution in [3.8, 4) is 17.2 Å². The third-order valence-corrected chi connectivity index (χ3v) is 12.7. The van der Waals surface area contributed by atoms with Crippen LogP contribution in [-0.4, -0.2) is 24.3 Å². The van der Waals surface area contributed by atoms with Crippen LogP contribution < -0.4 is 30.7 Å². The van der Waals surface area contributed by atoms with Gasteiger partial charge in [-0.05, 0) is 104 Å². The standard InChI is InChI=1S/C35H36IO6/c1-20-15-27(13-14-29(20)36-24-7-5-23(6-8-24)34(2,3)4)39-25-9-11-26(12-10-25)40-33(38)41-30-22-16-21-17-28-32(37)42-31(30)35(28,18-21)19-22/h5-15,21-22,28,30-31H,16-19H2,1-4H3/q+1. The fraction of sp³-hybridized carbons (Fsp3) is 0.429. The first-order chi connectivity index (χ1) is 20.1. The number of esters is 1. The lowest BCUT2D eigenvalue weighted by molar-refractivity contribution is -0.598. The molecule has 1 spiro atoms. The number of benzene rings is 3. The van der Waals surface area contributed by atoms with E-state index in [9.17, 15) is 9.59 Å². The van der Waals surface area contributed by atoms with Crippen LogP contribution in [0.25, 0.3) is 0 Å². The maximum atomic E-state index is 12.7. The highest BCUT2D eigenvalue weighted by Gasteiger charge is 2.72. The molecule has 218 valence electrons. The highest BCUT2D eigenvalue weighted by molar-refractivity contribution is 5.78. The second-order valence-corrected chi connectivity index (χ2v) is 16.4. The Hall–Kier alpha value is -3.07. The Morgan fingerprint density at radius 2 is 1.64 bits per heavy atom. The molecule has 3 aromatic carbocycles. The number of carbonyl (C=O) groups is 2. The molecule has 3 aromatic rings. The van der Waals surface area contributed by atoms with Crippen molar-refractivity contribution in [2.45, 2.75) is 71.0 Å². The Balaban J connectivity index is 0.947. The van der Waals surface area contributed by atoms with Crippen molar-refractivity contribution < 1.29 is 49.7 Å². The minimum absolute atomic E-state index is 0.0259. The number of hydrogen-bond acceptors (Lipinski definition) is 6. The summed E-state index contributed by atoms with van der Waals surface area (Å²) < 4.78 is 25.9. The van der Waals surface area contributed by atoms with Crippen LogP contribution in [0.1, 0.15) is 57.6 Å². The monoisotopic (exact) mass is 679 g/mol. The molecule has 6 nitrogen and oxygen atoms in total. The topological polar surface area (TPSA) is 71.1 Å². The molecular weight excluding hydrogens is 643 g/mol. The molecule has 1 heterocycles. The molecule has 0 aromatic heterocycles. The lowest BCUT2D eigenvalue weighted by Gasteiger charge is -2.28. The van der Waals surface area contributed by atoms with E-state index in [4.69, 9.17) is 18.9 Å². The van der Waals surface area contributed by atoms with Gasteiger partial charge < -0.3 is 18.9 Å². The summed E-state index contributed by atoms with van der Waals surface area (Å²) in [5.74, 6) is 2.43. The third kappa shape index (κ3) is 4.97. The normalized spacial score (nSPS) is 28.9. The summed E-state index contributed by atoms with van der Waals surface area (Å²) in [7, 11) is 0. The van der Waals surface area contributed by atoms with Gasteiger partial charge in [-0.2, -0.15) is 0 Å². The number of hydrogen-bond donors (Lipinski definition) is 0. The molecule has 1 saturated heterocycles. The quantitative estimate of drug-likeness (QED) is 0.218. The zero-order valence-electron chi connectivity index (χ0n) is 24.4. The highest BCUT2D eigenvalue weighted by Crippen LogP contribution is 2.68. The Labute approximate surface area is 257 Å². The smallest absolute Gasteiger partial charge is 0.458 e. The lowest BCUT2D eigenvalue weighted by atomic mass is 9.73. The van der Waals surface area contributed by atoms with E-state index in [1.54, 1.807) is 24.3 Å². The first-order valence-corrected chi connectivity index (χ1v) is 17.0. The predicted octanol–water partition coefficient (Wildman–Crippen LogP) is 4.46. The number of fused-ring (bicyclic) bond motifs is 2. The first-order valence-electron chi connectivity index (χ1n) is 14.8. The van der Waals surface area contributed by atoms with Gasteiger partial charge in [-0.1, -0.05) is 32.9 Å². The van der Waals surface area contributed by atoms with Crippen LogP contribution in [0.4, 0.5) is 4.79 Å². The van der Waals surface area contributed by atoms with Crippen LogP contribution in [0.5, 0.6) is 17.2 Å². The molecule has 3 saturated carbocycles. The van der Waals surface area contributed by atoms with E-state index in [2.05, 4.69) is 64.1 Å². The summed E-state index contributed by atoms with van der Waals surface area (Å²) in [5.41, 5.74) is 2.59. The van der Waals surface area contributed by atoms with Gasteiger partial charge in [-0.3, -0.25) is 4.79 Å². The number of ether oxygens (including phenoxy) is 4. The fourth-order valence-corrected chi connectivity index (χ4v) is 10.1. The van der Waals surface area contributed by atoms with Gasteiger partial charge in [-0.25, -0.2) is 4.79 Å². The molecule has 0 radical (unpaired) electrons. The summed E-state index contributed by atoms with van der Waals surface area (Å²) >= 11 is -0.285. The molecule has 42 heavy (non-hydrogen) atoms. The number of halogens is 1. The van der Waals surface area contributed by atoms with E-state index in [1.165, 1.54) is 18.3 Å². The van der Waals surface area contributed by atoms with Gasteiger partial charge in [0.1, 0.15) is 29.5 Å². The molecular formula is C35H36IO6+. The average molecular weight is 680 g/mol. The Bertz CT molecular complexity index is 1520. The number of carbonyl (C=O) groups excluding carboxylic acids is 2. The molecule has 3 aliphatic carbocycles. The molecule has 4 fully saturated rings. The fourth-order valence-electron chi connectivity index (χ4n) is 7.73.